The van der Waals surface area contributed by atoms with Gasteiger partial charge in [-0.15, -0.1) is 0 Å². The maximum Gasteiger partial charge on any atom is 0.225 e. The molecule has 2 aliphatic rings. The molecule has 0 spiro atoms. The van der Waals surface area contributed by atoms with E-state index in [2.05, 4.69) is 0 Å². The first-order valence-corrected chi connectivity index (χ1v) is 7.62. The molecule has 1 aliphatic heterocycles. The summed E-state index contributed by atoms with van der Waals surface area (Å²) in [6, 6.07) is 0. The van der Waals surface area contributed by atoms with E-state index < -0.39 is 10.0 Å². The van der Waals surface area contributed by atoms with Crippen LogP contribution in [-0.4, -0.2) is 62.0 Å². The van der Waals surface area contributed by atoms with Crippen molar-refractivity contribution in [2.45, 2.75) is 12.8 Å². The molecule has 7 heteroatoms. The van der Waals surface area contributed by atoms with Crippen LogP contribution in [0.25, 0.3) is 0 Å². The van der Waals surface area contributed by atoms with Crippen LogP contribution in [0.2, 0.25) is 0 Å². The smallest absolute Gasteiger partial charge is 0.225 e. The normalized spacial score (nSPS) is 22.8. The Balaban J connectivity index is 1.87. The van der Waals surface area contributed by atoms with Crippen molar-refractivity contribution in [1.82, 2.24) is 9.21 Å². The number of piperazine rings is 1. The Bertz CT molecular complexity index is 384. The lowest BCUT2D eigenvalue weighted by Crippen LogP contribution is -2.51. The van der Waals surface area contributed by atoms with Gasteiger partial charge in [0.15, 0.2) is 0 Å². The number of nitrogens with two attached hydrogens (primary N) is 1. The first kappa shape index (κ1) is 12.8. The summed E-state index contributed by atoms with van der Waals surface area (Å²) in [6.45, 7) is 1.98. The van der Waals surface area contributed by atoms with E-state index >= 15 is 0 Å². The third-order valence-corrected chi connectivity index (χ3v) is 5.15. The molecule has 2 fully saturated rings. The fourth-order valence-electron chi connectivity index (χ4n) is 2.05. The van der Waals surface area contributed by atoms with Gasteiger partial charge < -0.3 is 10.6 Å². The summed E-state index contributed by atoms with van der Waals surface area (Å²) in [7, 11) is -3.22. The Labute approximate surface area is 102 Å². The van der Waals surface area contributed by atoms with Crippen LogP contribution in [-0.2, 0) is 14.8 Å². The Kier molecular flexibility index (Phi) is 3.70. The van der Waals surface area contributed by atoms with Crippen molar-refractivity contribution in [3.63, 3.8) is 0 Å². The van der Waals surface area contributed by atoms with Crippen LogP contribution in [0.3, 0.4) is 0 Å². The Morgan fingerprint density at radius 2 is 1.76 bits per heavy atom. The van der Waals surface area contributed by atoms with Crippen LogP contribution in [0, 0.1) is 5.92 Å². The number of carbonyl (C=O) groups is 1. The molecule has 0 aromatic heterocycles. The minimum atomic E-state index is -3.22. The van der Waals surface area contributed by atoms with E-state index in [-0.39, 0.29) is 24.1 Å². The molecule has 6 nitrogen and oxygen atoms in total. The van der Waals surface area contributed by atoms with Crippen molar-refractivity contribution in [3.8, 4) is 0 Å². The predicted molar refractivity (Wildman–Crippen MR) is 63.7 cm³/mol. The molecule has 98 valence electrons. The largest absolute Gasteiger partial charge is 0.340 e. The van der Waals surface area contributed by atoms with Crippen LogP contribution in [0.5, 0.6) is 0 Å². The molecule has 0 bridgehead atoms. The Morgan fingerprint density at radius 1 is 1.18 bits per heavy atom. The van der Waals surface area contributed by atoms with E-state index in [0.717, 1.165) is 12.8 Å². The number of amides is 1. The molecule has 2 N–H and O–H groups in total. The van der Waals surface area contributed by atoms with Crippen LogP contribution in [0.4, 0.5) is 0 Å². The summed E-state index contributed by atoms with van der Waals surface area (Å²) in [6.07, 6.45) is 1.98. The molecule has 17 heavy (non-hydrogen) atoms. The third kappa shape index (κ3) is 2.97. The summed E-state index contributed by atoms with van der Waals surface area (Å²) >= 11 is 0. The molecule has 0 aromatic rings. The van der Waals surface area contributed by atoms with Crippen molar-refractivity contribution in [2.75, 3.05) is 38.5 Å². The maximum atomic E-state index is 11.8. The summed E-state index contributed by atoms with van der Waals surface area (Å²) in [5, 5.41) is 0. The van der Waals surface area contributed by atoms with Crippen LogP contribution in [0.15, 0.2) is 0 Å². The van der Waals surface area contributed by atoms with Gasteiger partial charge in [0.1, 0.15) is 0 Å². The van der Waals surface area contributed by atoms with Crippen molar-refractivity contribution < 1.29 is 13.2 Å². The number of carbonyl (C=O) groups excluding carboxylic acids is 1. The second-order valence-corrected chi connectivity index (χ2v) is 6.69. The summed E-state index contributed by atoms with van der Waals surface area (Å²) in [4.78, 5) is 13.6. The van der Waals surface area contributed by atoms with Crippen molar-refractivity contribution in [3.05, 3.63) is 0 Å². The van der Waals surface area contributed by atoms with E-state index in [1.54, 1.807) is 4.90 Å². The molecule has 0 aromatic carbocycles. The fraction of sp³-hybridized carbons (Fsp3) is 0.900. The van der Waals surface area contributed by atoms with E-state index in [0.29, 0.717) is 26.2 Å². The molecular weight excluding hydrogens is 242 g/mol. The average molecular weight is 261 g/mol. The van der Waals surface area contributed by atoms with Gasteiger partial charge in [0.2, 0.25) is 15.9 Å². The van der Waals surface area contributed by atoms with Crippen molar-refractivity contribution in [2.24, 2.45) is 11.7 Å². The second kappa shape index (κ2) is 4.91. The SMILES string of the molecule is NCCS(=O)(=O)N1CCN(C(=O)C2CC2)CC1. The summed E-state index contributed by atoms with van der Waals surface area (Å²) in [5.74, 6) is 0.395. The zero-order chi connectivity index (χ0) is 12.5. The molecule has 2 rings (SSSR count). The molecular formula is C10H19N3O3S. The molecule has 0 unspecified atom stereocenters. The predicted octanol–water partition coefficient (Wildman–Crippen LogP) is -1.17. The molecule has 1 amide bonds. The average Bonchev–Trinajstić information content (AvgIpc) is 3.12. The lowest BCUT2D eigenvalue weighted by Gasteiger charge is -2.34. The number of sulfonamides is 1. The Morgan fingerprint density at radius 3 is 2.24 bits per heavy atom. The van der Waals surface area contributed by atoms with Crippen molar-refractivity contribution >= 4 is 15.9 Å². The highest BCUT2D eigenvalue weighted by atomic mass is 32.2. The van der Waals surface area contributed by atoms with Crippen molar-refractivity contribution in [1.29, 1.82) is 0 Å². The minimum Gasteiger partial charge on any atom is -0.340 e. The van der Waals surface area contributed by atoms with Gasteiger partial charge in [0.25, 0.3) is 0 Å². The van der Waals surface area contributed by atoms with Gasteiger partial charge in [-0.25, -0.2) is 8.42 Å². The zero-order valence-corrected chi connectivity index (χ0v) is 10.7. The molecule has 1 aliphatic carbocycles. The van der Waals surface area contributed by atoms with Gasteiger partial charge in [-0.3, -0.25) is 4.79 Å². The lowest BCUT2D eigenvalue weighted by molar-refractivity contribution is -0.133. The Hall–Kier alpha value is -0.660. The number of hydrogen-bond donors (Lipinski definition) is 1. The molecule has 1 saturated heterocycles. The van der Waals surface area contributed by atoms with E-state index in [1.807, 2.05) is 0 Å². The van der Waals surface area contributed by atoms with E-state index in [4.69, 9.17) is 5.73 Å². The first-order chi connectivity index (χ1) is 8.04. The topological polar surface area (TPSA) is 83.7 Å². The highest BCUT2D eigenvalue weighted by Gasteiger charge is 2.36. The van der Waals surface area contributed by atoms with Gasteiger partial charge in [-0.05, 0) is 12.8 Å². The standard InChI is InChI=1S/C10H19N3O3S/c11-3-8-17(15,16)13-6-4-12(5-7-13)10(14)9-1-2-9/h9H,1-8,11H2. The van der Waals surface area contributed by atoms with Crippen LogP contribution in [0.1, 0.15) is 12.8 Å². The minimum absolute atomic E-state index is 0.0103. The molecule has 0 radical (unpaired) electrons. The monoisotopic (exact) mass is 261 g/mol. The van der Waals surface area contributed by atoms with E-state index in [1.165, 1.54) is 4.31 Å². The van der Waals surface area contributed by atoms with Gasteiger partial charge in [0.05, 0.1) is 5.75 Å². The first-order valence-electron chi connectivity index (χ1n) is 6.01. The van der Waals surface area contributed by atoms with E-state index in [9.17, 15) is 13.2 Å². The van der Waals surface area contributed by atoms with Gasteiger partial charge >= 0.3 is 0 Å². The number of rotatable bonds is 4. The lowest BCUT2D eigenvalue weighted by atomic mass is 10.3. The quantitative estimate of drug-likeness (QED) is 0.691. The van der Waals surface area contributed by atoms with Gasteiger partial charge in [0, 0.05) is 38.6 Å². The molecule has 1 heterocycles. The van der Waals surface area contributed by atoms with Gasteiger partial charge in [-0.2, -0.15) is 4.31 Å². The fourth-order valence-corrected chi connectivity index (χ4v) is 3.33. The maximum absolute atomic E-state index is 11.8. The molecule has 0 atom stereocenters. The van der Waals surface area contributed by atoms with Gasteiger partial charge in [-0.1, -0.05) is 0 Å². The second-order valence-electron chi connectivity index (χ2n) is 4.60. The number of nitrogens with zero attached hydrogens (tertiary/aromatic N) is 2. The summed E-state index contributed by atoms with van der Waals surface area (Å²) < 4.78 is 24.9. The zero-order valence-electron chi connectivity index (χ0n) is 9.84. The van der Waals surface area contributed by atoms with Crippen LogP contribution < -0.4 is 5.73 Å². The third-order valence-electron chi connectivity index (χ3n) is 3.25. The summed E-state index contributed by atoms with van der Waals surface area (Å²) in [5.41, 5.74) is 5.27. The highest BCUT2D eigenvalue weighted by molar-refractivity contribution is 7.89. The number of hydrogen-bond acceptors (Lipinski definition) is 4. The molecule has 1 saturated carbocycles. The highest BCUT2D eigenvalue weighted by Crippen LogP contribution is 2.31. The van der Waals surface area contributed by atoms with Crippen LogP contribution >= 0.6 is 0 Å².